The smallest absolute Gasteiger partial charge is 0.240 e. The van der Waals surface area contributed by atoms with Crippen LogP contribution in [-0.4, -0.2) is 8.42 Å². The molecule has 0 aromatic heterocycles. The molecule has 0 atom stereocenters. The minimum Gasteiger partial charge on any atom is -0.326 e. The molecule has 2 aromatic rings. The number of hydrogen-bond donors (Lipinski definition) is 2. The second-order valence-electron chi connectivity index (χ2n) is 4.71. The van der Waals surface area contributed by atoms with E-state index in [0.717, 1.165) is 17.2 Å². The quantitative estimate of drug-likeness (QED) is 0.888. The van der Waals surface area contributed by atoms with Gasteiger partial charge in [0.1, 0.15) is 5.82 Å². The van der Waals surface area contributed by atoms with Gasteiger partial charge in [-0.2, -0.15) is 0 Å². The number of hydrogen-bond acceptors (Lipinski definition) is 3. The Morgan fingerprint density at radius 1 is 1.14 bits per heavy atom. The number of nitrogens with two attached hydrogens (primary N) is 1. The van der Waals surface area contributed by atoms with E-state index in [1.807, 2.05) is 18.2 Å². The maximum atomic E-state index is 13.5. The first kappa shape index (κ1) is 15.6. The van der Waals surface area contributed by atoms with E-state index < -0.39 is 15.8 Å². The van der Waals surface area contributed by atoms with Crippen LogP contribution in [0.25, 0.3) is 0 Å². The zero-order valence-electron chi connectivity index (χ0n) is 11.6. The van der Waals surface area contributed by atoms with Gasteiger partial charge < -0.3 is 5.73 Å². The molecular formula is C15H17FN2O2S. The van der Waals surface area contributed by atoms with Crippen molar-refractivity contribution in [3.05, 3.63) is 65.0 Å². The van der Waals surface area contributed by atoms with Crippen molar-refractivity contribution in [1.82, 2.24) is 4.72 Å². The molecule has 112 valence electrons. The number of benzene rings is 2. The molecule has 0 spiro atoms. The molecule has 4 nitrogen and oxygen atoms in total. The maximum Gasteiger partial charge on any atom is 0.240 e. The van der Waals surface area contributed by atoms with E-state index in [-0.39, 0.29) is 11.4 Å². The largest absolute Gasteiger partial charge is 0.326 e. The Hall–Kier alpha value is -1.76. The average molecular weight is 308 g/mol. The van der Waals surface area contributed by atoms with Crippen LogP contribution in [-0.2, 0) is 23.1 Å². The molecule has 6 heteroatoms. The Morgan fingerprint density at radius 3 is 2.43 bits per heavy atom. The molecule has 0 saturated carbocycles. The van der Waals surface area contributed by atoms with Gasteiger partial charge in [-0.05, 0) is 35.7 Å². The van der Waals surface area contributed by atoms with E-state index in [1.165, 1.54) is 12.1 Å². The molecule has 0 heterocycles. The van der Waals surface area contributed by atoms with E-state index in [4.69, 9.17) is 5.73 Å². The van der Waals surface area contributed by atoms with Gasteiger partial charge in [-0.1, -0.05) is 30.3 Å². The first-order valence-electron chi connectivity index (χ1n) is 6.46. The molecule has 0 fully saturated rings. The van der Waals surface area contributed by atoms with Crippen LogP contribution in [0.5, 0.6) is 0 Å². The van der Waals surface area contributed by atoms with Crippen molar-refractivity contribution in [3.63, 3.8) is 0 Å². The minimum atomic E-state index is -3.75. The first-order chi connectivity index (χ1) is 9.94. The van der Waals surface area contributed by atoms with Gasteiger partial charge in [-0.3, -0.25) is 0 Å². The topological polar surface area (TPSA) is 72.2 Å². The highest BCUT2D eigenvalue weighted by Gasteiger charge is 2.15. The fourth-order valence-corrected chi connectivity index (χ4v) is 2.94. The fourth-order valence-electron chi connectivity index (χ4n) is 1.93. The molecule has 0 radical (unpaired) electrons. The second kappa shape index (κ2) is 6.34. The number of nitrogens with one attached hydrogen (secondary N) is 1. The molecule has 0 aliphatic heterocycles. The fraction of sp³-hybridized carbons (Fsp3) is 0.200. The standard InChI is InChI=1S/C15H17FN2O2S/c1-11-6-7-14(8-15(11)16)21(19,20)18-10-13-5-3-2-4-12(13)9-17/h2-8,18H,9-10,17H2,1H3. The third kappa shape index (κ3) is 3.66. The lowest BCUT2D eigenvalue weighted by Crippen LogP contribution is -2.24. The van der Waals surface area contributed by atoms with Crippen LogP contribution in [0.2, 0.25) is 0 Å². The molecular weight excluding hydrogens is 291 g/mol. The Labute approximate surface area is 123 Å². The number of rotatable bonds is 5. The highest BCUT2D eigenvalue weighted by Crippen LogP contribution is 2.15. The maximum absolute atomic E-state index is 13.5. The zero-order valence-corrected chi connectivity index (χ0v) is 12.5. The van der Waals surface area contributed by atoms with Gasteiger partial charge in [-0.15, -0.1) is 0 Å². The Kier molecular flexibility index (Phi) is 4.72. The molecule has 0 saturated heterocycles. The van der Waals surface area contributed by atoms with Crippen molar-refractivity contribution < 1.29 is 12.8 Å². The lowest BCUT2D eigenvalue weighted by atomic mass is 10.1. The summed E-state index contributed by atoms with van der Waals surface area (Å²) in [5.41, 5.74) is 7.69. The first-order valence-corrected chi connectivity index (χ1v) is 7.95. The van der Waals surface area contributed by atoms with Crippen molar-refractivity contribution in [2.45, 2.75) is 24.9 Å². The summed E-state index contributed by atoms with van der Waals surface area (Å²) in [6.45, 7) is 2.03. The molecule has 0 amide bonds. The van der Waals surface area contributed by atoms with Gasteiger partial charge in [0.25, 0.3) is 0 Å². The Balaban J connectivity index is 2.20. The molecule has 0 unspecified atom stereocenters. The van der Waals surface area contributed by atoms with Gasteiger partial charge in [0.05, 0.1) is 4.90 Å². The molecule has 2 aromatic carbocycles. The summed E-state index contributed by atoms with van der Waals surface area (Å²) in [4.78, 5) is -0.0872. The lowest BCUT2D eigenvalue weighted by molar-refractivity contribution is 0.576. The van der Waals surface area contributed by atoms with Crippen molar-refractivity contribution in [3.8, 4) is 0 Å². The number of aryl methyl sites for hydroxylation is 1. The Morgan fingerprint density at radius 2 is 1.81 bits per heavy atom. The van der Waals surface area contributed by atoms with E-state index >= 15 is 0 Å². The summed E-state index contributed by atoms with van der Waals surface area (Å²) in [7, 11) is -3.75. The van der Waals surface area contributed by atoms with Crippen LogP contribution in [0.15, 0.2) is 47.4 Å². The monoisotopic (exact) mass is 308 g/mol. The molecule has 0 bridgehead atoms. The van der Waals surface area contributed by atoms with Gasteiger partial charge >= 0.3 is 0 Å². The summed E-state index contributed by atoms with van der Waals surface area (Å²) in [5, 5.41) is 0. The van der Waals surface area contributed by atoms with Crippen LogP contribution in [0.4, 0.5) is 4.39 Å². The SMILES string of the molecule is Cc1ccc(S(=O)(=O)NCc2ccccc2CN)cc1F. The molecule has 2 rings (SSSR count). The van der Waals surface area contributed by atoms with E-state index in [0.29, 0.717) is 12.1 Å². The van der Waals surface area contributed by atoms with Crippen molar-refractivity contribution in [2.24, 2.45) is 5.73 Å². The predicted octanol–water partition coefficient (Wildman–Crippen LogP) is 2.07. The second-order valence-corrected chi connectivity index (χ2v) is 6.48. The van der Waals surface area contributed by atoms with E-state index in [1.54, 1.807) is 13.0 Å². The van der Waals surface area contributed by atoms with Crippen LogP contribution in [0.3, 0.4) is 0 Å². The van der Waals surface area contributed by atoms with Crippen LogP contribution in [0, 0.1) is 12.7 Å². The molecule has 21 heavy (non-hydrogen) atoms. The number of sulfonamides is 1. The highest BCUT2D eigenvalue weighted by atomic mass is 32.2. The van der Waals surface area contributed by atoms with Gasteiger partial charge in [-0.25, -0.2) is 17.5 Å². The third-order valence-electron chi connectivity index (χ3n) is 3.24. The number of halogens is 1. The van der Waals surface area contributed by atoms with Crippen LogP contribution in [0.1, 0.15) is 16.7 Å². The zero-order chi connectivity index (χ0) is 15.5. The molecule has 0 aliphatic rings. The van der Waals surface area contributed by atoms with Crippen molar-refractivity contribution in [1.29, 1.82) is 0 Å². The molecule has 0 aliphatic carbocycles. The minimum absolute atomic E-state index is 0.0872. The van der Waals surface area contributed by atoms with Gasteiger partial charge in [0.2, 0.25) is 10.0 Å². The summed E-state index contributed by atoms with van der Waals surface area (Å²) in [5.74, 6) is -0.541. The predicted molar refractivity (Wildman–Crippen MR) is 79.5 cm³/mol. The van der Waals surface area contributed by atoms with Gasteiger partial charge in [0.15, 0.2) is 0 Å². The van der Waals surface area contributed by atoms with Gasteiger partial charge in [0, 0.05) is 13.1 Å². The van der Waals surface area contributed by atoms with E-state index in [2.05, 4.69) is 4.72 Å². The highest BCUT2D eigenvalue weighted by molar-refractivity contribution is 7.89. The summed E-state index contributed by atoms with van der Waals surface area (Å²) in [6.07, 6.45) is 0. The average Bonchev–Trinajstić information content (AvgIpc) is 2.48. The van der Waals surface area contributed by atoms with Crippen molar-refractivity contribution >= 4 is 10.0 Å². The van der Waals surface area contributed by atoms with Crippen LogP contribution >= 0.6 is 0 Å². The summed E-state index contributed by atoms with van der Waals surface area (Å²) >= 11 is 0. The Bertz CT molecular complexity index is 745. The molecule has 3 N–H and O–H groups in total. The van der Waals surface area contributed by atoms with Crippen LogP contribution < -0.4 is 10.5 Å². The summed E-state index contributed by atoms with van der Waals surface area (Å²) in [6, 6.07) is 11.2. The van der Waals surface area contributed by atoms with E-state index in [9.17, 15) is 12.8 Å². The third-order valence-corrected chi connectivity index (χ3v) is 4.64. The normalized spacial score (nSPS) is 11.6. The summed E-state index contributed by atoms with van der Waals surface area (Å²) < 4.78 is 40.3. The van der Waals surface area contributed by atoms with Crippen molar-refractivity contribution in [2.75, 3.05) is 0 Å². The lowest BCUT2D eigenvalue weighted by Gasteiger charge is -2.10.